The largest absolute Gasteiger partial charge is 0.493 e. The number of hydrogen-bond donors (Lipinski definition) is 0. The van der Waals surface area contributed by atoms with E-state index in [1.807, 2.05) is 12.1 Å². The molecule has 0 aliphatic heterocycles. The standard InChI is InChI=1S/C23H23Cl2NO4S/c1-29-22-11-8-17(14-23(22)30-2)16-26(31(27,28)20-6-4-3-5-7-20)13-12-18-9-10-19(24)15-21(18)25/h3-11,14-15H,12-13,16H2,1-2H3. The molecule has 164 valence electrons. The summed E-state index contributed by atoms with van der Waals surface area (Å²) in [5.41, 5.74) is 1.60. The van der Waals surface area contributed by atoms with Gasteiger partial charge in [0, 0.05) is 23.1 Å². The molecule has 0 unspecified atom stereocenters. The van der Waals surface area contributed by atoms with Gasteiger partial charge < -0.3 is 9.47 Å². The number of halogens is 2. The van der Waals surface area contributed by atoms with Gasteiger partial charge in [-0.15, -0.1) is 0 Å². The SMILES string of the molecule is COc1ccc(CN(CCc2ccc(Cl)cc2Cl)S(=O)(=O)c2ccccc2)cc1OC. The number of sulfonamides is 1. The number of nitrogens with zero attached hydrogens (tertiary/aromatic N) is 1. The number of hydrogen-bond acceptors (Lipinski definition) is 4. The lowest BCUT2D eigenvalue weighted by Gasteiger charge is -2.23. The highest BCUT2D eigenvalue weighted by molar-refractivity contribution is 7.89. The second kappa shape index (κ2) is 10.4. The van der Waals surface area contributed by atoms with Crippen molar-refractivity contribution < 1.29 is 17.9 Å². The number of ether oxygens (including phenoxy) is 2. The molecule has 0 aromatic heterocycles. The van der Waals surface area contributed by atoms with Crippen LogP contribution in [0.25, 0.3) is 0 Å². The van der Waals surface area contributed by atoms with Gasteiger partial charge in [-0.1, -0.05) is 53.5 Å². The second-order valence-corrected chi connectivity index (χ2v) is 9.61. The molecule has 0 fully saturated rings. The third-order valence-electron chi connectivity index (χ3n) is 4.83. The van der Waals surface area contributed by atoms with Crippen molar-refractivity contribution in [2.45, 2.75) is 17.9 Å². The highest BCUT2D eigenvalue weighted by Gasteiger charge is 2.25. The molecule has 31 heavy (non-hydrogen) atoms. The molecule has 0 N–H and O–H groups in total. The van der Waals surface area contributed by atoms with Crippen LogP contribution in [0.5, 0.6) is 11.5 Å². The Morgan fingerprint density at radius 2 is 1.58 bits per heavy atom. The molecule has 0 saturated heterocycles. The lowest BCUT2D eigenvalue weighted by molar-refractivity contribution is 0.353. The van der Waals surface area contributed by atoms with Crippen molar-refractivity contribution in [3.05, 3.63) is 87.9 Å². The molecule has 0 aliphatic rings. The van der Waals surface area contributed by atoms with Gasteiger partial charge in [-0.25, -0.2) is 8.42 Å². The van der Waals surface area contributed by atoms with Crippen LogP contribution in [0.3, 0.4) is 0 Å². The first-order valence-electron chi connectivity index (χ1n) is 9.55. The van der Waals surface area contributed by atoms with Crippen molar-refractivity contribution in [3.63, 3.8) is 0 Å². The normalized spacial score (nSPS) is 11.5. The molecule has 0 atom stereocenters. The Kier molecular flexibility index (Phi) is 7.84. The van der Waals surface area contributed by atoms with Gasteiger partial charge in [0.2, 0.25) is 10.0 Å². The van der Waals surface area contributed by atoms with Crippen LogP contribution in [0, 0.1) is 0 Å². The molecule has 3 rings (SSSR count). The number of benzene rings is 3. The van der Waals surface area contributed by atoms with Crippen LogP contribution in [-0.4, -0.2) is 33.5 Å². The average molecular weight is 480 g/mol. The highest BCUT2D eigenvalue weighted by atomic mass is 35.5. The Morgan fingerprint density at radius 3 is 2.23 bits per heavy atom. The minimum atomic E-state index is -3.73. The molecular weight excluding hydrogens is 457 g/mol. The fraction of sp³-hybridized carbons (Fsp3) is 0.217. The Hall–Kier alpha value is -2.25. The van der Waals surface area contributed by atoms with E-state index in [-0.39, 0.29) is 18.0 Å². The number of methoxy groups -OCH3 is 2. The van der Waals surface area contributed by atoms with Crippen molar-refractivity contribution in [1.82, 2.24) is 4.31 Å². The van der Waals surface area contributed by atoms with Crippen LogP contribution >= 0.6 is 23.2 Å². The van der Waals surface area contributed by atoms with Gasteiger partial charge in [0.05, 0.1) is 19.1 Å². The first-order valence-corrected chi connectivity index (χ1v) is 11.7. The molecule has 0 heterocycles. The van der Waals surface area contributed by atoms with E-state index in [0.717, 1.165) is 11.1 Å². The summed E-state index contributed by atoms with van der Waals surface area (Å²) in [6, 6.07) is 19.0. The zero-order valence-electron chi connectivity index (χ0n) is 17.2. The quantitative estimate of drug-likeness (QED) is 0.409. The summed E-state index contributed by atoms with van der Waals surface area (Å²) in [5, 5.41) is 1.04. The van der Waals surface area contributed by atoms with Gasteiger partial charge in [-0.2, -0.15) is 4.31 Å². The summed E-state index contributed by atoms with van der Waals surface area (Å²) in [6.07, 6.45) is 0.440. The van der Waals surface area contributed by atoms with E-state index in [1.54, 1.807) is 68.8 Å². The summed E-state index contributed by atoms with van der Waals surface area (Å²) in [4.78, 5) is 0.234. The maximum Gasteiger partial charge on any atom is 0.243 e. The molecule has 3 aromatic rings. The van der Waals surface area contributed by atoms with Crippen molar-refractivity contribution in [2.75, 3.05) is 20.8 Å². The molecule has 0 amide bonds. The van der Waals surface area contributed by atoms with Crippen LogP contribution in [-0.2, 0) is 23.0 Å². The maximum atomic E-state index is 13.4. The summed E-state index contributed by atoms with van der Waals surface area (Å²) < 4.78 is 38.9. The second-order valence-electron chi connectivity index (χ2n) is 6.83. The highest BCUT2D eigenvalue weighted by Crippen LogP contribution is 2.29. The Labute approximate surface area is 193 Å². The predicted octanol–water partition coefficient (Wildman–Crippen LogP) is 5.44. The van der Waals surface area contributed by atoms with Gasteiger partial charge in [0.25, 0.3) is 0 Å². The summed E-state index contributed by atoms with van der Waals surface area (Å²) >= 11 is 12.3. The van der Waals surface area contributed by atoms with Gasteiger partial charge in [0.1, 0.15) is 0 Å². The third-order valence-corrected chi connectivity index (χ3v) is 7.28. The van der Waals surface area contributed by atoms with E-state index < -0.39 is 10.0 Å². The molecule has 0 bridgehead atoms. The Morgan fingerprint density at radius 1 is 0.871 bits per heavy atom. The molecule has 8 heteroatoms. The van der Waals surface area contributed by atoms with Crippen LogP contribution < -0.4 is 9.47 Å². The summed E-state index contributed by atoms with van der Waals surface area (Å²) in [7, 11) is -0.634. The van der Waals surface area contributed by atoms with Gasteiger partial charge in [-0.05, 0) is 53.9 Å². The summed E-state index contributed by atoms with van der Waals surface area (Å²) in [6.45, 7) is 0.412. The van der Waals surface area contributed by atoms with Crippen LogP contribution in [0.2, 0.25) is 10.0 Å². The molecule has 0 saturated carbocycles. The van der Waals surface area contributed by atoms with E-state index >= 15 is 0 Å². The Balaban J connectivity index is 1.92. The smallest absolute Gasteiger partial charge is 0.243 e. The zero-order valence-corrected chi connectivity index (χ0v) is 19.5. The lowest BCUT2D eigenvalue weighted by Crippen LogP contribution is -2.32. The monoisotopic (exact) mass is 479 g/mol. The maximum absolute atomic E-state index is 13.4. The van der Waals surface area contributed by atoms with E-state index in [9.17, 15) is 8.42 Å². The van der Waals surface area contributed by atoms with E-state index in [1.165, 1.54) is 4.31 Å². The third kappa shape index (κ3) is 5.71. The average Bonchev–Trinajstić information content (AvgIpc) is 2.77. The van der Waals surface area contributed by atoms with Crippen LogP contribution in [0.4, 0.5) is 0 Å². The molecule has 0 spiro atoms. The Bertz CT molecular complexity index is 1140. The topological polar surface area (TPSA) is 55.8 Å². The van der Waals surface area contributed by atoms with Crippen LogP contribution in [0.15, 0.2) is 71.6 Å². The zero-order chi connectivity index (χ0) is 22.4. The van der Waals surface area contributed by atoms with Crippen molar-refractivity contribution in [3.8, 4) is 11.5 Å². The van der Waals surface area contributed by atoms with Crippen LogP contribution in [0.1, 0.15) is 11.1 Å². The molecule has 3 aromatic carbocycles. The van der Waals surface area contributed by atoms with Crippen molar-refractivity contribution in [1.29, 1.82) is 0 Å². The van der Waals surface area contributed by atoms with E-state index in [0.29, 0.717) is 28.0 Å². The first kappa shape index (κ1) is 23.4. The van der Waals surface area contributed by atoms with Crippen molar-refractivity contribution in [2.24, 2.45) is 0 Å². The summed E-state index contributed by atoms with van der Waals surface area (Å²) in [5.74, 6) is 1.12. The predicted molar refractivity (Wildman–Crippen MR) is 124 cm³/mol. The molecule has 0 radical (unpaired) electrons. The lowest BCUT2D eigenvalue weighted by atomic mass is 10.1. The fourth-order valence-corrected chi connectivity index (χ4v) is 5.13. The fourth-order valence-electron chi connectivity index (χ4n) is 3.18. The molecule has 0 aliphatic carbocycles. The van der Waals surface area contributed by atoms with E-state index in [2.05, 4.69) is 0 Å². The van der Waals surface area contributed by atoms with E-state index in [4.69, 9.17) is 32.7 Å². The molecule has 5 nitrogen and oxygen atoms in total. The first-order chi connectivity index (χ1) is 14.8. The molecular formula is C23H23Cl2NO4S. The van der Waals surface area contributed by atoms with Gasteiger partial charge >= 0.3 is 0 Å². The van der Waals surface area contributed by atoms with Gasteiger partial charge in [-0.3, -0.25) is 0 Å². The minimum absolute atomic E-state index is 0.169. The minimum Gasteiger partial charge on any atom is -0.493 e. The van der Waals surface area contributed by atoms with Crippen molar-refractivity contribution >= 4 is 33.2 Å². The van der Waals surface area contributed by atoms with Gasteiger partial charge in [0.15, 0.2) is 11.5 Å². The number of rotatable bonds is 9.